The molecule has 0 fully saturated rings. The Kier molecular flexibility index (Phi) is 4.93. The van der Waals surface area contributed by atoms with E-state index in [0.29, 0.717) is 5.82 Å². The number of carbonyl (C=O) groups excluding carboxylic acids is 2. The van der Waals surface area contributed by atoms with Gasteiger partial charge >= 0.3 is 12.1 Å². The molecule has 0 saturated carbocycles. The van der Waals surface area contributed by atoms with Crippen LogP contribution in [-0.2, 0) is 19.0 Å². The van der Waals surface area contributed by atoms with E-state index in [4.69, 9.17) is 14.2 Å². The predicted molar refractivity (Wildman–Crippen MR) is 83.8 cm³/mol. The lowest BCUT2D eigenvalue weighted by Crippen LogP contribution is -2.33. The van der Waals surface area contributed by atoms with Gasteiger partial charge in [0.25, 0.3) is 5.56 Å². The van der Waals surface area contributed by atoms with Crippen LogP contribution in [-0.4, -0.2) is 41.4 Å². The maximum atomic E-state index is 12.6. The van der Waals surface area contributed by atoms with Gasteiger partial charge in [0.15, 0.2) is 0 Å². The Bertz CT molecular complexity index is 706. The zero-order valence-corrected chi connectivity index (χ0v) is 14.3. The van der Waals surface area contributed by atoms with E-state index < -0.39 is 35.4 Å². The van der Waals surface area contributed by atoms with Crippen molar-refractivity contribution in [2.24, 2.45) is 0 Å². The van der Waals surface area contributed by atoms with Crippen LogP contribution in [0.15, 0.2) is 11.0 Å². The summed E-state index contributed by atoms with van der Waals surface area (Å²) in [7, 11) is 2.71. The minimum atomic E-state index is -0.852. The number of carbonyl (C=O) groups is 2. The molecule has 1 aromatic rings. The van der Waals surface area contributed by atoms with E-state index in [9.17, 15) is 14.4 Å². The molecule has 1 N–H and O–H groups in total. The third-order valence-corrected chi connectivity index (χ3v) is 3.45. The molecule has 1 aliphatic rings. The van der Waals surface area contributed by atoms with E-state index in [1.54, 1.807) is 20.8 Å². The van der Waals surface area contributed by atoms with Crippen molar-refractivity contribution in [1.29, 1.82) is 0 Å². The summed E-state index contributed by atoms with van der Waals surface area (Å²) < 4.78 is 16.3. The van der Waals surface area contributed by atoms with Gasteiger partial charge in [-0.1, -0.05) is 0 Å². The van der Waals surface area contributed by atoms with E-state index >= 15 is 0 Å². The Morgan fingerprint density at radius 2 is 2.00 bits per heavy atom. The topological polar surface area (TPSA) is 109 Å². The molecule has 2 rings (SSSR count). The number of ether oxygens (including phenoxy) is 3. The number of fused-ring (bicyclic) bond motifs is 1. The molecule has 0 unspecified atom stereocenters. The summed E-state index contributed by atoms with van der Waals surface area (Å²) in [6.45, 7) is 5.12. The first kappa shape index (κ1) is 17.9. The fourth-order valence-electron chi connectivity index (χ4n) is 2.47. The molecule has 1 amide bonds. The summed E-state index contributed by atoms with van der Waals surface area (Å²) in [5.74, 6) is -0.262. The summed E-state index contributed by atoms with van der Waals surface area (Å²) >= 11 is 0. The number of rotatable bonds is 3. The zero-order valence-electron chi connectivity index (χ0n) is 14.3. The smallest absolute Gasteiger partial charge is 0.412 e. The van der Waals surface area contributed by atoms with Crippen LogP contribution in [0, 0.1) is 0 Å². The van der Waals surface area contributed by atoms with Gasteiger partial charge in [0.05, 0.1) is 13.3 Å². The molecular weight excluding hydrogens is 318 g/mol. The minimum absolute atomic E-state index is 0.0846. The molecule has 24 heavy (non-hydrogen) atoms. The highest BCUT2D eigenvalue weighted by molar-refractivity contribution is 5.84. The maximum Gasteiger partial charge on any atom is 0.412 e. The van der Waals surface area contributed by atoms with Crippen molar-refractivity contribution in [3.63, 3.8) is 0 Å². The van der Waals surface area contributed by atoms with Gasteiger partial charge in [-0.2, -0.15) is 0 Å². The molecule has 0 radical (unpaired) electrons. The van der Waals surface area contributed by atoms with Crippen LogP contribution in [0.5, 0.6) is 0 Å². The van der Waals surface area contributed by atoms with Crippen molar-refractivity contribution in [3.05, 3.63) is 22.4 Å². The molecule has 9 nitrogen and oxygen atoms in total. The highest BCUT2D eigenvalue weighted by Gasteiger charge is 2.39. The Morgan fingerprint density at radius 1 is 1.33 bits per heavy atom. The second-order valence-electron chi connectivity index (χ2n) is 6.33. The van der Waals surface area contributed by atoms with Gasteiger partial charge in [-0.15, -0.1) is 0 Å². The fourth-order valence-corrected chi connectivity index (χ4v) is 2.47. The fraction of sp³-hybridized carbons (Fsp3) is 0.600. The zero-order chi connectivity index (χ0) is 18.1. The summed E-state index contributed by atoms with van der Waals surface area (Å²) in [6.07, 6.45) is 0.181. The standard InChI is InChI=1S/C15H21N3O6/c1-15(2,3)24-14(21)17-8-7-16-11-10(22-4)6-9(13(20)23-5)18(11)12(8)19/h7,9-10H,6H2,1-5H3,(H,17,21)/t9-,10+/m0/s1. The van der Waals surface area contributed by atoms with Gasteiger partial charge in [0, 0.05) is 13.5 Å². The van der Waals surface area contributed by atoms with E-state index in [1.165, 1.54) is 25.0 Å². The van der Waals surface area contributed by atoms with Gasteiger partial charge in [0.1, 0.15) is 29.3 Å². The first-order valence-electron chi connectivity index (χ1n) is 7.40. The molecular formula is C15H21N3O6. The Morgan fingerprint density at radius 3 is 2.54 bits per heavy atom. The van der Waals surface area contributed by atoms with Crippen LogP contribution in [0.2, 0.25) is 0 Å². The van der Waals surface area contributed by atoms with Crippen molar-refractivity contribution in [3.8, 4) is 0 Å². The van der Waals surface area contributed by atoms with Gasteiger partial charge in [-0.05, 0) is 20.8 Å². The van der Waals surface area contributed by atoms with E-state index in [1.807, 2.05) is 0 Å². The van der Waals surface area contributed by atoms with Crippen LogP contribution in [0.3, 0.4) is 0 Å². The minimum Gasteiger partial charge on any atom is -0.467 e. The highest BCUT2D eigenvalue weighted by atomic mass is 16.6. The van der Waals surface area contributed by atoms with Crippen molar-refractivity contribution in [2.45, 2.75) is 44.9 Å². The van der Waals surface area contributed by atoms with Gasteiger partial charge in [0.2, 0.25) is 0 Å². The molecule has 0 aliphatic carbocycles. The second-order valence-corrected chi connectivity index (χ2v) is 6.33. The summed E-state index contributed by atoms with van der Waals surface area (Å²) in [6, 6.07) is -0.852. The lowest BCUT2D eigenvalue weighted by atomic mass is 10.2. The van der Waals surface area contributed by atoms with Gasteiger partial charge in [-0.25, -0.2) is 14.6 Å². The first-order valence-corrected chi connectivity index (χ1v) is 7.40. The molecule has 1 aromatic heterocycles. The molecule has 1 aliphatic heterocycles. The number of anilines is 1. The van der Waals surface area contributed by atoms with Crippen LogP contribution in [0.4, 0.5) is 10.5 Å². The molecule has 132 valence electrons. The Labute approximate surface area is 138 Å². The molecule has 0 bridgehead atoms. The molecule has 2 atom stereocenters. The number of aromatic nitrogens is 2. The molecule has 0 saturated heterocycles. The summed E-state index contributed by atoms with van der Waals surface area (Å²) in [5, 5.41) is 2.36. The highest BCUT2D eigenvalue weighted by Crippen LogP contribution is 2.34. The number of hydrogen-bond donors (Lipinski definition) is 1. The van der Waals surface area contributed by atoms with Crippen LogP contribution >= 0.6 is 0 Å². The normalized spacial score (nSPS) is 19.5. The summed E-state index contributed by atoms with van der Waals surface area (Å²) in [5.41, 5.74) is -1.36. The van der Waals surface area contributed by atoms with Crippen LogP contribution < -0.4 is 10.9 Å². The maximum absolute atomic E-state index is 12.6. The summed E-state index contributed by atoms with van der Waals surface area (Å²) in [4.78, 5) is 40.6. The molecule has 0 aromatic carbocycles. The largest absolute Gasteiger partial charge is 0.467 e. The van der Waals surface area contributed by atoms with Crippen LogP contribution in [0.25, 0.3) is 0 Å². The number of nitrogens with one attached hydrogen (secondary N) is 1. The third-order valence-electron chi connectivity index (χ3n) is 3.45. The average molecular weight is 339 g/mol. The van der Waals surface area contributed by atoms with Crippen molar-refractivity contribution < 1.29 is 23.8 Å². The SMILES string of the molecule is COC(=O)[C@@H]1C[C@@H](OC)c2ncc(NC(=O)OC(C)(C)C)c(=O)n21. The van der Waals surface area contributed by atoms with Crippen molar-refractivity contribution in [1.82, 2.24) is 9.55 Å². The molecule has 0 spiro atoms. The number of amides is 1. The monoisotopic (exact) mass is 339 g/mol. The average Bonchev–Trinajstić information content (AvgIpc) is 2.87. The quantitative estimate of drug-likeness (QED) is 0.829. The van der Waals surface area contributed by atoms with E-state index in [-0.39, 0.29) is 12.1 Å². The number of esters is 1. The molecule has 2 heterocycles. The Balaban J connectivity index is 2.37. The number of nitrogens with zero attached hydrogens (tertiary/aromatic N) is 2. The van der Waals surface area contributed by atoms with E-state index in [0.717, 1.165) is 0 Å². The van der Waals surface area contributed by atoms with Crippen LogP contribution in [0.1, 0.15) is 45.2 Å². The molecule has 9 heteroatoms. The second kappa shape index (κ2) is 6.60. The van der Waals surface area contributed by atoms with E-state index in [2.05, 4.69) is 10.3 Å². The third kappa shape index (κ3) is 3.56. The number of hydrogen-bond acceptors (Lipinski definition) is 7. The Hall–Kier alpha value is -2.42. The first-order chi connectivity index (χ1) is 11.2. The lowest BCUT2D eigenvalue weighted by molar-refractivity contribution is -0.144. The lowest BCUT2D eigenvalue weighted by Gasteiger charge is -2.20. The number of methoxy groups -OCH3 is 2. The van der Waals surface area contributed by atoms with Gasteiger partial charge < -0.3 is 14.2 Å². The van der Waals surface area contributed by atoms with Crippen molar-refractivity contribution in [2.75, 3.05) is 19.5 Å². The predicted octanol–water partition coefficient (Wildman–Crippen LogP) is 1.40. The van der Waals surface area contributed by atoms with Crippen molar-refractivity contribution >= 4 is 17.7 Å². The van der Waals surface area contributed by atoms with Gasteiger partial charge in [-0.3, -0.25) is 14.7 Å².